The first kappa shape index (κ1) is 17.2. The molecule has 4 rings (SSSR count). The van der Waals surface area contributed by atoms with Crippen LogP contribution in [0.15, 0.2) is 70.3 Å². The largest absolute Gasteiger partial charge is 0.361 e. The number of hydrogen-bond donors (Lipinski definition) is 2. The van der Waals surface area contributed by atoms with Crippen molar-refractivity contribution in [2.24, 2.45) is 10.2 Å². The number of rotatable bonds is 3. The van der Waals surface area contributed by atoms with E-state index in [4.69, 9.17) is 5.14 Å². The molecule has 1 aliphatic heterocycles. The summed E-state index contributed by atoms with van der Waals surface area (Å²) in [7, 11) is -3.87. The fourth-order valence-corrected chi connectivity index (χ4v) is 3.53. The summed E-state index contributed by atoms with van der Waals surface area (Å²) in [4.78, 5) is 15.9. The van der Waals surface area contributed by atoms with Gasteiger partial charge in [0.2, 0.25) is 10.0 Å². The monoisotopic (exact) mass is 380 g/mol. The molecular formula is C19H16N4O3S. The standard InChI is InChI=1S/C19H16N4O3S/c1-12-17(9-13-5-6-14-7-8-21-18(14)10-13)19(24)23(22-12)15-3-2-4-16(11-15)27(20,25)26/h2-11,21H,1H3,(H2,20,25,26)/b17-9-. The summed E-state index contributed by atoms with van der Waals surface area (Å²) in [5, 5.41) is 11.7. The quantitative estimate of drug-likeness (QED) is 0.682. The van der Waals surface area contributed by atoms with Crippen molar-refractivity contribution in [2.45, 2.75) is 11.8 Å². The molecule has 27 heavy (non-hydrogen) atoms. The van der Waals surface area contributed by atoms with Crippen LogP contribution in [0.3, 0.4) is 0 Å². The molecule has 7 nitrogen and oxygen atoms in total. The van der Waals surface area contributed by atoms with Gasteiger partial charge in [-0.1, -0.05) is 18.2 Å². The summed E-state index contributed by atoms with van der Waals surface area (Å²) in [6.07, 6.45) is 3.63. The van der Waals surface area contributed by atoms with Crippen LogP contribution < -0.4 is 10.1 Å². The van der Waals surface area contributed by atoms with Gasteiger partial charge in [0.25, 0.3) is 5.91 Å². The number of hydrogen-bond acceptors (Lipinski definition) is 4. The predicted octanol–water partition coefficient (Wildman–Crippen LogP) is 2.62. The Morgan fingerprint density at radius 2 is 1.96 bits per heavy atom. The van der Waals surface area contributed by atoms with Gasteiger partial charge < -0.3 is 4.98 Å². The Balaban J connectivity index is 1.71. The number of amides is 1. The number of primary sulfonamides is 1. The number of H-pyrrole nitrogens is 1. The average Bonchev–Trinajstić information content (AvgIpc) is 3.20. The van der Waals surface area contributed by atoms with E-state index in [-0.39, 0.29) is 10.8 Å². The zero-order valence-corrected chi connectivity index (χ0v) is 15.2. The molecule has 0 spiro atoms. The summed E-state index contributed by atoms with van der Waals surface area (Å²) < 4.78 is 23.1. The first-order valence-corrected chi connectivity index (χ1v) is 9.69. The third kappa shape index (κ3) is 3.16. The van der Waals surface area contributed by atoms with E-state index in [1.165, 1.54) is 23.2 Å². The molecule has 136 valence electrons. The third-order valence-corrected chi connectivity index (χ3v) is 5.25. The highest BCUT2D eigenvalue weighted by atomic mass is 32.2. The van der Waals surface area contributed by atoms with Crippen molar-refractivity contribution in [3.8, 4) is 0 Å². The molecule has 0 unspecified atom stereocenters. The van der Waals surface area contributed by atoms with Crippen LogP contribution in [-0.2, 0) is 14.8 Å². The summed E-state index contributed by atoms with van der Waals surface area (Å²) in [6.45, 7) is 1.74. The number of aromatic amines is 1. The van der Waals surface area contributed by atoms with Crippen LogP contribution in [0.25, 0.3) is 17.0 Å². The van der Waals surface area contributed by atoms with E-state index in [9.17, 15) is 13.2 Å². The van der Waals surface area contributed by atoms with Crippen molar-refractivity contribution < 1.29 is 13.2 Å². The second-order valence-electron chi connectivity index (χ2n) is 6.23. The Labute approximate surface area is 155 Å². The topological polar surface area (TPSA) is 109 Å². The molecule has 8 heteroatoms. The molecule has 0 fully saturated rings. The van der Waals surface area contributed by atoms with Crippen molar-refractivity contribution >= 4 is 44.3 Å². The number of aromatic nitrogens is 1. The molecule has 3 aromatic rings. The second-order valence-corrected chi connectivity index (χ2v) is 7.79. The van der Waals surface area contributed by atoms with E-state index < -0.39 is 10.0 Å². The van der Waals surface area contributed by atoms with Gasteiger partial charge in [0.15, 0.2) is 0 Å². The van der Waals surface area contributed by atoms with E-state index in [0.29, 0.717) is 17.0 Å². The van der Waals surface area contributed by atoms with Crippen LogP contribution in [-0.4, -0.2) is 25.0 Å². The van der Waals surface area contributed by atoms with Crippen molar-refractivity contribution in [3.05, 3.63) is 65.9 Å². The Hall–Kier alpha value is -3.23. The zero-order valence-electron chi connectivity index (χ0n) is 14.4. The van der Waals surface area contributed by atoms with E-state index in [1.807, 2.05) is 30.5 Å². The third-order valence-electron chi connectivity index (χ3n) is 4.34. The van der Waals surface area contributed by atoms with Crippen LogP contribution in [0.1, 0.15) is 12.5 Å². The number of nitrogens with zero attached hydrogens (tertiary/aromatic N) is 2. The zero-order chi connectivity index (χ0) is 19.2. The lowest BCUT2D eigenvalue weighted by Crippen LogP contribution is -2.22. The fourth-order valence-electron chi connectivity index (χ4n) is 2.97. The highest BCUT2D eigenvalue weighted by Crippen LogP contribution is 2.27. The van der Waals surface area contributed by atoms with E-state index >= 15 is 0 Å². The summed E-state index contributed by atoms with van der Waals surface area (Å²) in [5.74, 6) is -0.328. The van der Waals surface area contributed by atoms with Gasteiger partial charge in [0, 0.05) is 11.7 Å². The first-order chi connectivity index (χ1) is 12.8. The number of nitrogens with two attached hydrogens (primary N) is 1. The molecule has 3 N–H and O–H groups in total. The maximum atomic E-state index is 12.8. The molecule has 0 bridgehead atoms. The summed E-state index contributed by atoms with van der Waals surface area (Å²) >= 11 is 0. The van der Waals surface area contributed by atoms with Crippen molar-refractivity contribution in [2.75, 3.05) is 5.01 Å². The number of carbonyl (C=O) groups is 1. The second kappa shape index (κ2) is 6.19. The fraction of sp³-hybridized carbons (Fsp3) is 0.0526. The SMILES string of the molecule is CC1=NN(c2cccc(S(N)(=O)=O)c2)C(=O)/C1=C\c1ccc2cc[nH]c2c1. The molecule has 2 aromatic carbocycles. The number of nitrogens with one attached hydrogen (secondary N) is 1. The van der Waals surface area contributed by atoms with Gasteiger partial charge in [0.1, 0.15) is 0 Å². The number of hydrazone groups is 1. The van der Waals surface area contributed by atoms with Gasteiger partial charge in [-0.05, 0) is 54.3 Å². The first-order valence-electron chi connectivity index (χ1n) is 8.15. The molecular weight excluding hydrogens is 364 g/mol. The molecule has 1 aromatic heterocycles. The van der Waals surface area contributed by atoms with Gasteiger partial charge in [-0.25, -0.2) is 13.6 Å². The molecule has 1 aliphatic rings. The van der Waals surface area contributed by atoms with E-state index in [2.05, 4.69) is 10.1 Å². The average molecular weight is 380 g/mol. The lowest BCUT2D eigenvalue weighted by atomic mass is 10.1. The van der Waals surface area contributed by atoms with Gasteiger partial charge in [-0.3, -0.25) is 4.79 Å². The molecule has 0 atom stereocenters. The van der Waals surface area contributed by atoms with Crippen molar-refractivity contribution in [1.82, 2.24) is 4.98 Å². The van der Waals surface area contributed by atoms with Crippen LogP contribution in [0.5, 0.6) is 0 Å². The highest BCUT2D eigenvalue weighted by molar-refractivity contribution is 7.89. The minimum absolute atomic E-state index is 0.0738. The number of sulfonamides is 1. The van der Waals surface area contributed by atoms with Crippen LogP contribution in [0.4, 0.5) is 5.69 Å². The Bertz CT molecular complexity index is 1240. The van der Waals surface area contributed by atoms with Crippen molar-refractivity contribution in [3.63, 3.8) is 0 Å². The van der Waals surface area contributed by atoms with Crippen LogP contribution >= 0.6 is 0 Å². The number of anilines is 1. The molecule has 2 heterocycles. The van der Waals surface area contributed by atoms with Gasteiger partial charge in [-0.15, -0.1) is 0 Å². The minimum atomic E-state index is -3.87. The smallest absolute Gasteiger partial charge is 0.280 e. The normalized spacial score (nSPS) is 16.4. The molecule has 1 amide bonds. The molecule has 0 aliphatic carbocycles. The Morgan fingerprint density at radius 1 is 1.15 bits per heavy atom. The van der Waals surface area contributed by atoms with Crippen molar-refractivity contribution in [1.29, 1.82) is 0 Å². The Kier molecular flexibility index (Phi) is 3.94. The lowest BCUT2D eigenvalue weighted by Gasteiger charge is -2.12. The highest BCUT2D eigenvalue weighted by Gasteiger charge is 2.29. The Morgan fingerprint density at radius 3 is 2.74 bits per heavy atom. The maximum absolute atomic E-state index is 12.8. The number of benzene rings is 2. The van der Waals surface area contributed by atoms with E-state index in [0.717, 1.165) is 16.5 Å². The predicted molar refractivity (Wildman–Crippen MR) is 105 cm³/mol. The van der Waals surface area contributed by atoms with Gasteiger partial charge in [-0.2, -0.15) is 10.1 Å². The number of fused-ring (bicyclic) bond motifs is 1. The molecule has 0 saturated heterocycles. The summed E-state index contributed by atoms with van der Waals surface area (Å²) in [5.41, 5.74) is 3.17. The van der Waals surface area contributed by atoms with Gasteiger partial charge >= 0.3 is 0 Å². The lowest BCUT2D eigenvalue weighted by molar-refractivity contribution is -0.114. The minimum Gasteiger partial charge on any atom is -0.361 e. The van der Waals surface area contributed by atoms with Crippen LogP contribution in [0, 0.1) is 0 Å². The van der Waals surface area contributed by atoms with E-state index in [1.54, 1.807) is 19.1 Å². The molecule has 0 radical (unpaired) electrons. The maximum Gasteiger partial charge on any atom is 0.280 e. The van der Waals surface area contributed by atoms with Crippen LogP contribution in [0.2, 0.25) is 0 Å². The number of carbonyl (C=O) groups excluding carboxylic acids is 1. The van der Waals surface area contributed by atoms with Gasteiger partial charge in [0.05, 0.1) is 21.9 Å². The summed E-state index contributed by atoms with van der Waals surface area (Å²) in [6, 6.07) is 13.7. The molecule has 0 saturated carbocycles.